The summed E-state index contributed by atoms with van der Waals surface area (Å²) in [6, 6.07) is 2.38. The van der Waals surface area contributed by atoms with Crippen LogP contribution in [0.3, 0.4) is 0 Å². The van der Waals surface area contributed by atoms with E-state index in [4.69, 9.17) is 4.74 Å². The Morgan fingerprint density at radius 2 is 2.10 bits per heavy atom. The summed E-state index contributed by atoms with van der Waals surface area (Å²) in [5.41, 5.74) is 1.19. The number of hydrogen-bond acceptors (Lipinski definition) is 3. The number of nitrogens with one attached hydrogen (secondary N) is 1. The molecule has 0 saturated heterocycles. The molecule has 21 heavy (non-hydrogen) atoms. The molecule has 0 spiro atoms. The van der Waals surface area contributed by atoms with E-state index in [1.807, 2.05) is 6.20 Å². The summed E-state index contributed by atoms with van der Waals surface area (Å²) in [5, 5.41) is 8.14. The first-order valence-electron chi connectivity index (χ1n) is 8.55. The summed E-state index contributed by atoms with van der Waals surface area (Å²) in [5.74, 6) is 0.817. The second-order valence-corrected chi connectivity index (χ2v) is 6.24. The monoisotopic (exact) mass is 293 g/mol. The number of aryl methyl sites for hydroxylation is 1. The minimum absolute atomic E-state index is 0.0791. The van der Waals surface area contributed by atoms with Crippen molar-refractivity contribution in [2.24, 2.45) is 5.92 Å². The van der Waals surface area contributed by atoms with Crippen LogP contribution < -0.4 is 5.32 Å². The molecule has 2 rings (SSSR count). The Hall–Kier alpha value is -0.870. The molecule has 1 fully saturated rings. The first-order valence-corrected chi connectivity index (χ1v) is 8.55. The lowest BCUT2D eigenvalue weighted by Gasteiger charge is -2.45. The minimum Gasteiger partial charge on any atom is -0.373 e. The van der Waals surface area contributed by atoms with Crippen molar-refractivity contribution in [2.75, 3.05) is 13.2 Å². The summed E-state index contributed by atoms with van der Waals surface area (Å²) in [4.78, 5) is 0. The van der Waals surface area contributed by atoms with Crippen LogP contribution in [0.5, 0.6) is 0 Å². The van der Waals surface area contributed by atoms with Crippen molar-refractivity contribution in [2.45, 2.75) is 71.6 Å². The lowest BCUT2D eigenvalue weighted by molar-refractivity contribution is -0.0989. The van der Waals surface area contributed by atoms with Gasteiger partial charge in [-0.25, -0.2) is 0 Å². The number of aromatic nitrogens is 2. The average molecular weight is 293 g/mol. The maximum Gasteiger partial charge on any atom is 0.0891 e. The van der Waals surface area contributed by atoms with E-state index in [1.54, 1.807) is 0 Å². The lowest BCUT2D eigenvalue weighted by Crippen LogP contribution is -2.49. The van der Waals surface area contributed by atoms with Crippen molar-refractivity contribution in [1.29, 1.82) is 0 Å². The smallest absolute Gasteiger partial charge is 0.0891 e. The highest BCUT2D eigenvalue weighted by Crippen LogP contribution is 2.43. The molecule has 0 bridgehead atoms. The Balaban J connectivity index is 2.32. The molecule has 1 heterocycles. The van der Waals surface area contributed by atoms with E-state index in [0.29, 0.717) is 0 Å². The number of likely N-dealkylation sites (N-methyl/N-ethyl adjacent to an activating group) is 1. The molecule has 0 aromatic carbocycles. The second-order valence-electron chi connectivity index (χ2n) is 6.24. The van der Waals surface area contributed by atoms with Gasteiger partial charge in [0.2, 0.25) is 0 Å². The van der Waals surface area contributed by atoms with E-state index in [1.165, 1.54) is 18.5 Å². The SMILES string of the molecule is CCNC(c1ccnn1CC)C1(OCC)CCC(C)CC1. The van der Waals surface area contributed by atoms with E-state index in [9.17, 15) is 0 Å². The molecule has 0 aliphatic heterocycles. The van der Waals surface area contributed by atoms with Crippen molar-refractivity contribution in [1.82, 2.24) is 15.1 Å². The van der Waals surface area contributed by atoms with Crippen LogP contribution in [-0.4, -0.2) is 28.5 Å². The van der Waals surface area contributed by atoms with Gasteiger partial charge in [-0.1, -0.05) is 13.8 Å². The quantitative estimate of drug-likeness (QED) is 0.836. The van der Waals surface area contributed by atoms with Crippen molar-refractivity contribution < 1.29 is 4.74 Å². The molecule has 4 nitrogen and oxygen atoms in total. The van der Waals surface area contributed by atoms with E-state index in [0.717, 1.165) is 38.5 Å². The lowest BCUT2D eigenvalue weighted by atomic mass is 9.74. The standard InChI is InChI=1S/C17H31N3O/c1-5-18-16(15-10-13-19-20(15)6-2)17(21-7-3)11-8-14(4)9-12-17/h10,13-14,16,18H,5-9,11-12H2,1-4H3. The fourth-order valence-corrected chi connectivity index (χ4v) is 3.67. The highest BCUT2D eigenvalue weighted by molar-refractivity contribution is 5.14. The average Bonchev–Trinajstić information content (AvgIpc) is 2.96. The van der Waals surface area contributed by atoms with Crippen LogP contribution in [0, 0.1) is 5.92 Å². The molecule has 0 amide bonds. The molecule has 1 aromatic heterocycles. The van der Waals surface area contributed by atoms with Gasteiger partial charge in [0.15, 0.2) is 0 Å². The van der Waals surface area contributed by atoms with Gasteiger partial charge in [-0.15, -0.1) is 0 Å². The topological polar surface area (TPSA) is 39.1 Å². The van der Waals surface area contributed by atoms with Crippen LogP contribution in [0.1, 0.15) is 65.1 Å². The summed E-state index contributed by atoms with van der Waals surface area (Å²) < 4.78 is 8.46. The van der Waals surface area contributed by atoms with Crippen molar-refractivity contribution in [3.63, 3.8) is 0 Å². The number of hydrogen-bond donors (Lipinski definition) is 1. The maximum absolute atomic E-state index is 6.35. The molecule has 1 N–H and O–H groups in total. The van der Waals surface area contributed by atoms with Crippen LogP contribution in [0.15, 0.2) is 12.3 Å². The van der Waals surface area contributed by atoms with Gasteiger partial charge in [0.25, 0.3) is 0 Å². The van der Waals surface area contributed by atoms with Crippen molar-refractivity contribution in [3.8, 4) is 0 Å². The molecule has 1 saturated carbocycles. The number of ether oxygens (including phenoxy) is 1. The Kier molecular flexibility index (Phi) is 5.82. The van der Waals surface area contributed by atoms with Gasteiger partial charge >= 0.3 is 0 Å². The molecule has 0 radical (unpaired) electrons. The molecular formula is C17H31N3O. The van der Waals surface area contributed by atoms with Gasteiger partial charge in [0.1, 0.15) is 0 Å². The Morgan fingerprint density at radius 3 is 2.67 bits per heavy atom. The minimum atomic E-state index is -0.0791. The van der Waals surface area contributed by atoms with Crippen LogP contribution in [0.4, 0.5) is 0 Å². The van der Waals surface area contributed by atoms with Gasteiger partial charge in [0.05, 0.1) is 17.3 Å². The van der Waals surface area contributed by atoms with Crippen molar-refractivity contribution >= 4 is 0 Å². The third-order valence-corrected chi connectivity index (χ3v) is 4.83. The van der Waals surface area contributed by atoms with Gasteiger partial charge in [-0.2, -0.15) is 5.10 Å². The third-order valence-electron chi connectivity index (χ3n) is 4.83. The summed E-state index contributed by atoms with van der Waals surface area (Å²) in [6.45, 7) is 11.4. The predicted molar refractivity (Wildman–Crippen MR) is 86.3 cm³/mol. The number of rotatable bonds is 7. The highest BCUT2D eigenvalue weighted by atomic mass is 16.5. The Labute approximate surface area is 129 Å². The summed E-state index contributed by atoms with van der Waals surface area (Å²) in [6.07, 6.45) is 6.68. The Bertz CT molecular complexity index is 421. The molecule has 1 aliphatic rings. The molecule has 1 atom stereocenters. The van der Waals surface area contributed by atoms with Gasteiger partial charge in [-0.05, 0) is 58.1 Å². The molecule has 1 aliphatic carbocycles. The summed E-state index contributed by atoms with van der Waals surface area (Å²) in [7, 11) is 0. The zero-order valence-corrected chi connectivity index (χ0v) is 14.1. The normalized spacial score (nSPS) is 27.7. The zero-order chi connectivity index (χ0) is 15.3. The fraction of sp³-hybridized carbons (Fsp3) is 0.824. The van der Waals surface area contributed by atoms with Crippen LogP contribution in [-0.2, 0) is 11.3 Å². The highest BCUT2D eigenvalue weighted by Gasteiger charge is 2.43. The van der Waals surface area contributed by atoms with Gasteiger partial charge in [0, 0.05) is 19.3 Å². The Morgan fingerprint density at radius 1 is 1.38 bits per heavy atom. The zero-order valence-electron chi connectivity index (χ0n) is 14.1. The second kappa shape index (κ2) is 7.41. The van der Waals surface area contributed by atoms with Crippen molar-refractivity contribution in [3.05, 3.63) is 18.0 Å². The van der Waals surface area contributed by atoms with Gasteiger partial charge in [-0.3, -0.25) is 4.68 Å². The van der Waals surface area contributed by atoms with Gasteiger partial charge < -0.3 is 10.1 Å². The van der Waals surface area contributed by atoms with Crippen LogP contribution in [0.2, 0.25) is 0 Å². The predicted octanol–water partition coefficient (Wildman–Crippen LogP) is 3.54. The first kappa shape index (κ1) is 16.5. The van der Waals surface area contributed by atoms with Crippen LogP contribution >= 0.6 is 0 Å². The maximum atomic E-state index is 6.35. The largest absolute Gasteiger partial charge is 0.373 e. The molecule has 120 valence electrons. The number of nitrogens with zero attached hydrogens (tertiary/aromatic N) is 2. The van der Waals surface area contributed by atoms with E-state index >= 15 is 0 Å². The molecule has 1 unspecified atom stereocenters. The van der Waals surface area contributed by atoms with E-state index in [2.05, 4.69) is 48.9 Å². The summed E-state index contributed by atoms with van der Waals surface area (Å²) >= 11 is 0. The molecule has 1 aromatic rings. The first-order chi connectivity index (χ1) is 10.2. The van der Waals surface area contributed by atoms with E-state index < -0.39 is 0 Å². The molecule has 4 heteroatoms. The van der Waals surface area contributed by atoms with Crippen LogP contribution in [0.25, 0.3) is 0 Å². The fourth-order valence-electron chi connectivity index (χ4n) is 3.67. The third kappa shape index (κ3) is 3.49. The molecular weight excluding hydrogens is 262 g/mol. The van der Waals surface area contributed by atoms with E-state index in [-0.39, 0.29) is 11.6 Å².